The van der Waals surface area contributed by atoms with Gasteiger partial charge in [0.05, 0.1) is 16.7 Å². The Balaban J connectivity index is 1.59. The third-order valence-corrected chi connectivity index (χ3v) is 3.87. The summed E-state index contributed by atoms with van der Waals surface area (Å²) in [5, 5.41) is 4.29. The van der Waals surface area contributed by atoms with E-state index in [0.29, 0.717) is 6.04 Å². The van der Waals surface area contributed by atoms with Gasteiger partial charge >= 0.3 is 0 Å². The van der Waals surface area contributed by atoms with Gasteiger partial charge in [0, 0.05) is 45.1 Å². The van der Waals surface area contributed by atoms with E-state index in [9.17, 15) is 4.79 Å². The lowest BCUT2D eigenvalue weighted by molar-refractivity contribution is 0.0908. The molecule has 0 unspecified atom stereocenters. The number of hydrogen-bond donors (Lipinski definition) is 0. The van der Waals surface area contributed by atoms with Crippen LogP contribution in [0.15, 0.2) is 40.0 Å². The molecule has 1 fully saturated rings. The van der Waals surface area contributed by atoms with Crippen LogP contribution in [0.3, 0.4) is 0 Å². The van der Waals surface area contributed by atoms with Gasteiger partial charge < -0.3 is 4.57 Å². The fourth-order valence-corrected chi connectivity index (χ4v) is 2.60. The number of aryl methyl sites for hydroxylation is 1. The first-order chi connectivity index (χ1) is 9.11. The predicted molar refractivity (Wildman–Crippen MR) is 75.9 cm³/mol. The van der Waals surface area contributed by atoms with Crippen LogP contribution in [0.2, 0.25) is 0 Å². The first kappa shape index (κ1) is 12.6. The first-order valence-electron chi connectivity index (χ1n) is 6.19. The summed E-state index contributed by atoms with van der Waals surface area (Å²) >= 11 is 3.40. The molecular weight excluding hydrogens is 308 g/mol. The molecule has 1 saturated heterocycles. The third kappa shape index (κ3) is 2.64. The molecule has 0 aliphatic carbocycles. The van der Waals surface area contributed by atoms with Crippen molar-refractivity contribution in [3.8, 4) is 0 Å². The summed E-state index contributed by atoms with van der Waals surface area (Å²) < 4.78 is 4.59. The van der Waals surface area contributed by atoms with Crippen molar-refractivity contribution in [3.05, 3.63) is 51.1 Å². The van der Waals surface area contributed by atoms with Crippen molar-refractivity contribution < 1.29 is 0 Å². The average molecular weight is 323 g/mol. The number of nitrogens with zero attached hydrogens (tertiary/aromatic N) is 4. The molecule has 0 amide bonds. The van der Waals surface area contributed by atoms with E-state index in [-0.39, 0.29) is 5.56 Å². The van der Waals surface area contributed by atoms with Crippen LogP contribution in [0.4, 0.5) is 0 Å². The number of hydrogen-bond acceptors (Lipinski definition) is 3. The summed E-state index contributed by atoms with van der Waals surface area (Å²) in [7, 11) is 1.77. The molecule has 0 spiro atoms. The molecule has 19 heavy (non-hydrogen) atoms. The highest BCUT2D eigenvalue weighted by molar-refractivity contribution is 9.10. The SMILES string of the molecule is Cn1ccc(CN2CC(n3cc(Br)cn3)C2)cc1=O. The summed E-state index contributed by atoms with van der Waals surface area (Å²) in [6.45, 7) is 2.78. The minimum absolute atomic E-state index is 0.0468. The summed E-state index contributed by atoms with van der Waals surface area (Å²) in [4.78, 5) is 13.9. The van der Waals surface area contributed by atoms with Crippen molar-refractivity contribution in [2.45, 2.75) is 12.6 Å². The molecule has 5 nitrogen and oxygen atoms in total. The maximum absolute atomic E-state index is 11.5. The smallest absolute Gasteiger partial charge is 0.250 e. The molecule has 1 aliphatic rings. The molecule has 0 bridgehead atoms. The Hall–Kier alpha value is -1.40. The van der Waals surface area contributed by atoms with Crippen LogP contribution in [0, 0.1) is 0 Å². The molecule has 3 rings (SSSR count). The Morgan fingerprint density at radius 1 is 1.47 bits per heavy atom. The lowest BCUT2D eigenvalue weighted by atomic mass is 10.1. The van der Waals surface area contributed by atoms with Gasteiger partial charge in [0.1, 0.15) is 0 Å². The van der Waals surface area contributed by atoms with Gasteiger partial charge in [-0.25, -0.2) is 0 Å². The number of halogens is 1. The maximum Gasteiger partial charge on any atom is 0.250 e. The van der Waals surface area contributed by atoms with Crippen molar-refractivity contribution >= 4 is 15.9 Å². The van der Waals surface area contributed by atoms with Crippen molar-refractivity contribution in [2.24, 2.45) is 7.05 Å². The quantitative estimate of drug-likeness (QED) is 0.858. The van der Waals surface area contributed by atoms with Crippen LogP contribution >= 0.6 is 15.9 Å². The standard InChI is InChI=1S/C13H15BrN4O/c1-16-3-2-10(4-13(16)19)6-17-8-12(9-17)18-7-11(14)5-15-18/h2-5,7,12H,6,8-9H2,1H3. The highest BCUT2D eigenvalue weighted by Crippen LogP contribution is 2.23. The van der Waals surface area contributed by atoms with Crippen LogP contribution in [0.1, 0.15) is 11.6 Å². The van der Waals surface area contributed by atoms with Crippen molar-refractivity contribution in [3.63, 3.8) is 0 Å². The number of pyridine rings is 1. The Labute approximate surface area is 119 Å². The van der Waals surface area contributed by atoms with Crippen molar-refractivity contribution in [1.29, 1.82) is 0 Å². The molecule has 2 aromatic heterocycles. The zero-order chi connectivity index (χ0) is 13.4. The van der Waals surface area contributed by atoms with E-state index in [1.807, 2.05) is 29.3 Å². The van der Waals surface area contributed by atoms with Crippen molar-refractivity contribution in [2.75, 3.05) is 13.1 Å². The largest absolute Gasteiger partial charge is 0.319 e. The Bertz CT molecular complexity index is 642. The van der Waals surface area contributed by atoms with Crippen LogP contribution in [-0.4, -0.2) is 32.3 Å². The van der Waals surface area contributed by atoms with Gasteiger partial charge in [-0.3, -0.25) is 14.4 Å². The van der Waals surface area contributed by atoms with Gasteiger partial charge in [-0.15, -0.1) is 0 Å². The minimum atomic E-state index is 0.0468. The third-order valence-electron chi connectivity index (χ3n) is 3.46. The molecule has 0 radical (unpaired) electrons. The summed E-state index contributed by atoms with van der Waals surface area (Å²) in [6.07, 6.45) is 5.63. The van der Waals surface area contributed by atoms with E-state index in [2.05, 4.69) is 25.9 Å². The van der Waals surface area contributed by atoms with Gasteiger partial charge in [-0.05, 0) is 27.6 Å². The fourth-order valence-electron chi connectivity index (χ4n) is 2.30. The van der Waals surface area contributed by atoms with E-state index in [0.717, 1.165) is 29.7 Å². The number of rotatable bonds is 3. The number of aromatic nitrogens is 3. The van der Waals surface area contributed by atoms with E-state index in [1.165, 1.54) is 0 Å². The van der Waals surface area contributed by atoms with Gasteiger partial charge in [-0.2, -0.15) is 5.10 Å². The Morgan fingerprint density at radius 2 is 2.26 bits per heavy atom. The molecule has 6 heteroatoms. The zero-order valence-electron chi connectivity index (χ0n) is 10.7. The second-order valence-electron chi connectivity index (χ2n) is 4.97. The molecule has 0 N–H and O–H groups in total. The van der Waals surface area contributed by atoms with Crippen molar-refractivity contribution in [1.82, 2.24) is 19.2 Å². The molecule has 0 atom stereocenters. The molecule has 0 aromatic carbocycles. The zero-order valence-corrected chi connectivity index (χ0v) is 12.2. The molecule has 0 saturated carbocycles. The van der Waals surface area contributed by atoms with Gasteiger partial charge in [-0.1, -0.05) is 0 Å². The number of likely N-dealkylation sites (tertiary alicyclic amines) is 1. The Kier molecular flexibility index (Phi) is 3.28. The maximum atomic E-state index is 11.5. The highest BCUT2D eigenvalue weighted by Gasteiger charge is 2.28. The van der Waals surface area contributed by atoms with Crippen LogP contribution in [0.25, 0.3) is 0 Å². The Morgan fingerprint density at radius 3 is 2.89 bits per heavy atom. The van der Waals surface area contributed by atoms with E-state index >= 15 is 0 Å². The summed E-state index contributed by atoms with van der Waals surface area (Å²) in [6, 6.07) is 4.15. The predicted octanol–water partition coefficient (Wildman–Crippen LogP) is 1.40. The second kappa shape index (κ2) is 4.94. The lowest BCUT2D eigenvalue weighted by Crippen LogP contribution is -2.47. The minimum Gasteiger partial charge on any atom is -0.319 e. The second-order valence-corrected chi connectivity index (χ2v) is 5.89. The molecule has 2 aromatic rings. The summed E-state index contributed by atoms with van der Waals surface area (Å²) in [5.74, 6) is 0. The van der Waals surface area contributed by atoms with E-state index < -0.39 is 0 Å². The fraction of sp³-hybridized carbons (Fsp3) is 0.385. The highest BCUT2D eigenvalue weighted by atomic mass is 79.9. The van der Waals surface area contributed by atoms with Crippen LogP contribution < -0.4 is 5.56 Å². The van der Waals surface area contributed by atoms with Gasteiger partial charge in [0.25, 0.3) is 5.56 Å². The van der Waals surface area contributed by atoms with Gasteiger partial charge in [0.2, 0.25) is 0 Å². The first-order valence-corrected chi connectivity index (χ1v) is 6.99. The lowest BCUT2D eigenvalue weighted by Gasteiger charge is -2.39. The van der Waals surface area contributed by atoms with Crippen LogP contribution in [-0.2, 0) is 13.6 Å². The molecule has 1 aliphatic heterocycles. The van der Waals surface area contributed by atoms with Crippen LogP contribution in [0.5, 0.6) is 0 Å². The van der Waals surface area contributed by atoms with E-state index in [4.69, 9.17) is 0 Å². The van der Waals surface area contributed by atoms with E-state index in [1.54, 1.807) is 17.7 Å². The average Bonchev–Trinajstić information content (AvgIpc) is 2.74. The molecular formula is C13H15BrN4O. The summed E-state index contributed by atoms with van der Waals surface area (Å²) in [5.41, 5.74) is 1.12. The normalized spacial score (nSPS) is 16.5. The molecule has 3 heterocycles. The van der Waals surface area contributed by atoms with Gasteiger partial charge in [0.15, 0.2) is 0 Å². The topological polar surface area (TPSA) is 43.1 Å². The molecule has 100 valence electrons. The monoisotopic (exact) mass is 322 g/mol.